The van der Waals surface area contributed by atoms with Gasteiger partial charge in [-0.05, 0) is 57.2 Å². The molecule has 30 heavy (non-hydrogen) atoms. The number of carboxylic acid groups (broad SMARTS) is 1. The fraction of sp³-hybridized carbons (Fsp3) is 0.250. The summed E-state index contributed by atoms with van der Waals surface area (Å²) in [6.07, 6.45) is -3.27. The number of imidazole rings is 1. The highest BCUT2D eigenvalue weighted by Gasteiger charge is 2.38. The van der Waals surface area contributed by atoms with E-state index in [1.54, 1.807) is 0 Å². The van der Waals surface area contributed by atoms with Gasteiger partial charge in [0.15, 0.2) is 0 Å². The van der Waals surface area contributed by atoms with E-state index in [0.717, 1.165) is 28.5 Å². The third-order valence-corrected chi connectivity index (χ3v) is 4.50. The summed E-state index contributed by atoms with van der Waals surface area (Å²) >= 11 is 0. The van der Waals surface area contributed by atoms with Crippen LogP contribution in [0.2, 0.25) is 0 Å². The molecule has 0 spiro atoms. The Hall–Kier alpha value is -3.56. The first kappa shape index (κ1) is 22.7. The molecule has 0 bridgehead atoms. The van der Waals surface area contributed by atoms with Gasteiger partial charge in [-0.25, -0.2) is 9.78 Å². The second-order valence-electron chi connectivity index (χ2n) is 6.51. The lowest BCUT2D eigenvalue weighted by Gasteiger charge is -2.09. The number of aryl methyl sites for hydroxylation is 2. The van der Waals surface area contributed by atoms with Crippen LogP contribution in [0.5, 0.6) is 0 Å². The van der Waals surface area contributed by atoms with Crippen molar-refractivity contribution in [1.82, 2.24) is 14.1 Å². The predicted molar refractivity (Wildman–Crippen MR) is 105 cm³/mol. The monoisotopic (exact) mass is 422 g/mol. The minimum atomic E-state index is -5.08. The van der Waals surface area contributed by atoms with Gasteiger partial charge < -0.3 is 19.6 Å². The van der Waals surface area contributed by atoms with Gasteiger partial charge in [-0.3, -0.25) is 4.79 Å². The normalized spacial score (nSPS) is 10.9. The highest BCUT2D eigenvalue weighted by molar-refractivity contribution is 6.03. The summed E-state index contributed by atoms with van der Waals surface area (Å²) in [4.78, 5) is 25.5. The second-order valence-corrected chi connectivity index (χ2v) is 6.51. The van der Waals surface area contributed by atoms with Gasteiger partial charge in [0.1, 0.15) is 5.69 Å². The molecule has 10 heteroatoms. The van der Waals surface area contributed by atoms with Crippen molar-refractivity contribution in [2.75, 3.05) is 5.32 Å². The lowest BCUT2D eigenvalue weighted by Crippen LogP contribution is -2.21. The Bertz CT molecular complexity index is 1050. The van der Waals surface area contributed by atoms with Crippen molar-refractivity contribution < 1.29 is 27.9 Å². The molecular formula is C20H21F3N4O3. The van der Waals surface area contributed by atoms with Crippen LogP contribution in [0.1, 0.15) is 27.6 Å². The third-order valence-electron chi connectivity index (χ3n) is 4.50. The number of benzene rings is 1. The van der Waals surface area contributed by atoms with E-state index in [0.29, 0.717) is 5.69 Å². The molecule has 0 unspecified atom stereocenters. The summed E-state index contributed by atoms with van der Waals surface area (Å²) in [7, 11) is 1.89. The average molecular weight is 422 g/mol. The standard InChI is InChI=1S/C18H20N4O.C2HF3O2/c1-12-5-10-17(21(12)4)18(23)20-15-6-8-16(9-7-15)22-11-19-13(2)14(22)3;3-2(4,5)1(6)7/h5-11H,1-4H3,(H,20,23);(H,6,7). The zero-order chi connectivity index (χ0) is 22.6. The predicted octanol–water partition coefficient (Wildman–Crippen LogP) is 4.02. The summed E-state index contributed by atoms with van der Waals surface area (Å²) < 4.78 is 35.6. The number of hydrogen-bond acceptors (Lipinski definition) is 3. The van der Waals surface area contributed by atoms with Gasteiger partial charge in [-0.1, -0.05) is 0 Å². The molecule has 0 aliphatic carbocycles. The summed E-state index contributed by atoms with van der Waals surface area (Å²) in [6, 6.07) is 11.5. The van der Waals surface area contributed by atoms with Crippen molar-refractivity contribution in [1.29, 1.82) is 0 Å². The highest BCUT2D eigenvalue weighted by Crippen LogP contribution is 2.18. The minimum absolute atomic E-state index is 0.108. The molecule has 1 aromatic carbocycles. The minimum Gasteiger partial charge on any atom is -0.475 e. The van der Waals surface area contributed by atoms with Crippen molar-refractivity contribution in [3.63, 3.8) is 0 Å². The lowest BCUT2D eigenvalue weighted by atomic mass is 10.2. The average Bonchev–Trinajstić information content (AvgIpc) is 3.18. The molecule has 160 valence electrons. The molecule has 0 saturated carbocycles. The molecule has 0 aliphatic heterocycles. The number of aromatic nitrogens is 3. The Labute approximate surface area is 170 Å². The highest BCUT2D eigenvalue weighted by atomic mass is 19.4. The SMILES string of the molecule is Cc1ncn(-c2ccc(NC(=O)c3ccc(C)n3C)cc2)c1C.O=C(O)C(F)(F)F. The van der Waals surface area contributed by atoms with Gasteiger partial charge in [-0.15, -0.1) is 0 Å². The fourth-order valence-electron chi connectivity index (χ4n) is 2.50. The van der Waals surface area contributed by atoms with Crippen LogP contribution in [-0.2, 0) is 11.8 Å². The number of anilines is 1. The van der Waals surface area contributed by atoms with E-state index < -0.39 is 12.1 Å². The number of carbonyl (C=O) groups excluding carboxylic acids is 1. The maximum Gasteiger partial charge on any atom is 0.490 e. The topological polar surface area (TPSA) is 89.2 Å². The number of nitrogens with one attached hydrogen (secondary N) is 1. The molecule has 0 aliphatic rings. The number of aliphatic carboxylic acids is 1. The van der Waals surface area contributed by atoms with Crippen LogP contribution in [0.3, 0.4) is 0 Å². The van der Waals surface area contributed by atoms with Crippen LogP contribution in [0.25, 0.3) is 5.69 Å². The number of carboxylic acids is 1. The van der Waals surface area contributed by atoms with Gasteiger partial charge >= 0.3 is 12.1 Å². The largest absolute Gasteiger partial charge is 0.490 e. The molecule has 0 atom stereocenters. The van der Waals surface area contributed by atoms with E-state index in [9.17, 15) is 18.0 Å². The van der Waals surface area contributed by atoms with Crippen LogP contribution >= 0.6 is 0 Å². The molecule has 2 aromatic heterocycles. The van der Waals surface area contributed by atoms with Crippen molar-refractivity contribution in [3.8, 4) is 5.69 Å². The smallest absolute Gasteiger partial charge is 0.475 e. The number of amides is 1. The first-order valence-electron chi connectivity index (χ1n) is 8.76. The first-order valence-corrected chi connectivity index (χ1v) is 8.76. The van der Waals surface area contributed by atoms with Crippen molar-refractivity contribution in [3.05, 3.63) is 65.5 Å². The number of halogens is 3. The number of nitrogens with zero attached hydrogens (tertiary/aromatic N) is 3. The Morgan fingerprint density at radius 1 is 1.03 bits per heavy atom. The second kappa shape index (κ2) is 8.85. The van der Waals surface area contributed by atoms with Crippen molar-refractivity contribution in [2.24, 2.45) is 7.05 Å². The molecule has 2 heterocycles. The third kappa shape index (κ3) is 5.28. The van der Waals surface area contributed by atoms with E-state index in [4.69, 9.17) is 9.90 Å². The van der Waals surface area contributed by atoms with E-state index in [1.807, 2.05) is 79.7 Å². The molecular weight excluding hydrogens is 401 g/mol. The number of carbonyl (C=O) groups is 2. The van der Waals surface area contributed by atoms with Gasteiger partial charge in [0.25, 0.3) is 5.91 Å². The number of alkyl halides is 3. The molecule has 1 amide bonds. The Kier molecular flexibility index (Phi) is 6.70. The molecule has 3 aromatic rings. The molecule has 0 saturated heterocycles. The molecule has 3 rings (SSSR count). The quantitative estimate of drug-likeness (QED) is 0.667. The van der Waals surface area contributed by atoms with E-state index in [-0.39, 0.29) is 5.91 Å². The Morgan fingerprint density at radius 2 is 1.60 bits per heavy atom. The fourth-order valence-corrected chi connectivity index (χ4v) is 2.50. The van der Waals surface area contributed by atoms with Gasteiger partial charge in [0.2, 0.25) is 0 Å². The number of rotatable bonds is 3. The van der Waals surface area contributed by atoms with Crippen molar-refractivity contribution in [2.45, 2.75) is 26.9 Å². The maximum absolute atomic E-state index is 12.3. The summed E-state index contributed by atoms with van der Waals surface area (Å²) in [6.45, 7) is 6.00. The summed E-state index contributed by atoms with van der Waals surface area (Å²) in [5.74, 6) is -2.87. The molecule has 0 radical (unpaired) electrons. The lowest BCUT2D eigenvalue weighted by molar-refractivity contribution is -0.192. The Balaban J connectivity index is 0.000000396. The zero-order valence-corrected chi connectivity index (χ0v) is 16.8. The van der Waals surface area contributed by atoms with E-state index >= 15 is 0 Å². The van der Waals surface area contributed by atoms with Crippen LogP contribution in [-0.4, -0.2) is 37.3 Å². The maximum atomic E-state index is 12.3. The van der Waals surface area contributed by atoms with Gasteiger partial charge in [-0.2, -0.15) is 13.2 Å². The number of hydrogen-bond donors (Lipinski definition) is 2. The van der Waals surface area contributed by atoms with Crippen LogP contribution in [0.4, 0.5) is 18.9 Å². The van der Waals surface area contributed by atoms with Crippen molar-refractivity contribution >= 4 is 17.6 Å². The molecule has 0 fully saturated rings. The zero-order valence-electron chi connectivity index (χ0n) is 16.8. The summed E-state index contributed by atoms with van der Waals surface area (Å²) in [5.41, 5.74) is 5.62. The van der Waals surface area contributed by atoms with Crippen LogP contribution in [0.15, 0.2) is 42.7 Å². The van der Waals surface area contributed by atoms with Gasteiger partial charge in [0, 0.05) is 29.8 Å². The molecule has 7 nitrogen and oxygen atoms in total. The molecule has 2 N–H and O–H groups in total. The van der Waals surface area contributed by atoms with E-state index in [2.05, 4.69) is 10.3 Å². The Morgan fingerprint density at radius 3 is 2.00 bits per heavy atom. The summed E-state index contributed by atoms with van der Waals surface area (Å²) in [5, 5.41) is 10.1. The van der Waals surface area contributed by atoms with Gasteiger partial charge in [0.05, 0.1) is 12.0 Å². The van der Waals surface area contributed by atoms with Crippen LogP contribution in [0, 0.1) is 20.8 Å². The first-order chi connectivity index (χ1) is 13.9. The van der Waals surface area contributed by atoms with E-state index in [1.165, 1.54) is 0 Å². The van der Waals surface area contributed by atoms with Crippen LogP contribution < -0.4 is 5.32 Å².